The number of amidine groups is 1. The summed E-state index contributed by atoms with van der Waals surface area (Å²) in [4.78, 5) is 5.86. The largest absolute Gasteiger partial charge is 0.509 e. The third-order valence-corrected chi connectivity index (χ3v) is 4.50. The molecule has 2 aromatic carbocycles. The van der Waals surface area contributed by atoms with Crippen LogP contribution in [-0.4, -0.2) is 27.0 Å². The molecule has 0 unspecified atom stereocenters. The fourth-order valence-corrected chi connectivity index (χ4v) is 3.31. The number of imidazole rings is 1. The number of nitrogens with one attached hydrogen (secondary N) is 1. The normalized spacial score (nSPS) is 14.7. The molecular weight excluding hydrogens is 338 g/mol. The van der Waals surface area contributed by atoms with Crippen LogP contribution in [0.4, 0.5) is 14.5 Å². The number of aryl methyl sites for hydroxylation is 1. The maximum absolute atomic E-state index is 14.1. The van der Waals surface area contributed by atoms with E-state index in [1.54, 1.807) is 0 Å². The van der Waals surface area contributed by atoms with Crippen molar-refractivity contribution in [1.82, 2.24) is 9.55 Å². The van der Waals surface area contributed by atoms with Crippen LogP contribution in [0.3, 0.4) is 0 Å². The van der Waals surface area contributed by atoms with Crippen molar-refractivity contribution in [3.63, 3.8) is 0 Å². The fourth-order valence-electron chi connectivity index (χ4n) is 3.31. The van der Waals surface area contributed by atoms with Crippen molar-refractivity contribution in [2.45, 2.75) is 13.5 Å². The Labute approximate surface area is 148 Å². The highest BCUT2D eigenvalue weighted by Crippen LogP contribution is 2.33. The molecule has 0 aliphatic carbocycles. The van der Waals surface area contributed by atoms with Crippen LogP contribution < -0.4 is 4.90 Å². The van der Waals surface area contributed by atoms with Gasteiger partial charge in [-0.25, -0.2) is 13.8 Å². The van der Waals surface area contributed by atoms with E-state index in [9.17, 15) is 13.9 Å². The van der Waals surface area contributed by atoms with Crippen molar-refractivity contribution in [3.8, 4) is 0 Å². The van der Waals surface area contributed by atoms with Gasteiger partial charge in [-0.1, -0.05) is 12.1 Å². The second kappa shape index (κ2) is 5.94. The standard InChI is InChI=1S/C19H16F2N4O/c1-2-24-15-6-4-3-5-13(15)23-19(24)17-16(26)10-25(18(17)22)14-8-7-11(20)9-12(14)21/h3-9,22,26H,2,10H2,1H3. The molecule has 0 saturated carbocycles. The van der Waals surface area contributed by atoms with Crippen molar-refractivity contribution >= 4 is 28.1 Å². The van der Waals surface area contributed by atoms with Gasteiger partial charge in [-0.3, -0.25) is 5.41 Å². The topological polar surface area (TPSA) is 65.1 Å². The number of aliphatic hydroxyl groups excluding tert-OH is 1. The highest BCUT2D eigenvalue weighted by atomic mass is 19.1. The Morgan fingerprint density at radius 3 is 2.69 bits per heavy atom. The number of rotatable bonds is 3. The van der Waals surface area contributed by atoms with Crippen molar-refractivity contribution in [1.29, 1.82) is 5.41 Å². The summed E-state index contributed by atoms with van der Waals surface area (Å²) in [6.07, 6.45) is 0. The molecule has 5 nitrogen and oxygen atoms in total. The van der Waals surface area contributed by atoms with Gasteiger partial charge in [0.2, 0.25) is 0 Å². The van der Waals surface area contributed by atoms with Gasteiger partial charge in [0.05, 0.1) is 28.8 Å². The minimum atomic E-state index is -0.784. The molecule has 0 radical (unpaired) electrons. The molecule has 1 aromatic heterocycles. The Bertz CT molecular complexity index is 1070. The Kier molecular flexibility index (Phi) is 3.72. The first-order valence-corrected chi connectivity index (χ1v) is 8.20. The van der Waals surface area contributed by atoms with Crippen LogP contribution in [0, 0.1) is 17.0 Å². The molecule has 0 fully saturated rings. The molecular formula is C19H16F2N4O. The van der Waals surface area contributed by atoms with Crippen LogP contribution in [0.1, 0.15) is 12.7 Å². The zero-order chi connectivity index (χ0) is 18.4. The van der Waals surface area contributed by atoms with E-state index in [2.05, 4.69) is 4.98 Å². The van der Waals surface area contributed by atoms with Gasteiger partial charge in [0.25, 0.3) is 0 Å². The number of hydrogen-bond donors (Lipinski definition) is 2. The summed E-state index contributed by atoms with van der Waals surface area (Å²) in [5.41, 5.74) is 1.94. The smallest absolute Gasteiger partial charge is 0.149 e. The lowest BCUT2D eigenvalue weighted by Crippen LogP contribution is -2.27. The number of aromatic nitrogens is 2. The molecule has 0 saturated heterocycles. The predicted octanol–water partition coefficient (Wildman–Crippen LogP) is 4.10. The number of para-hydroxylation sites is 2. The van der Waals surface area contributed by atoms with E-state index >= 15 is 0 Å². The molecule has 0 spiro atoms. The Balaban J connectivity index is 1.81. The van der Waals surface area contributed by atoms with Gasteiger partial charge in [0, 0.05) is 12.6 Å². The SMILES string of the molecule is CCn1c(C2=C(O)CN(c3ccc(F)cc3F)C2=N)nc2ccccc21. The summed E-state index contributed by atoms with van der Waals surface area (Å²) in [5.74, 6) is -1.15. The first kappa shape index (κ1) is 16.3. The number of hydrogen-bond acceptors (Lipinski definition) is 3. The van der Waals surface area contributed by atoms with Crippen molar-refractivity contribution in [2.24, 2.45) is 0 Å². The van der Waals surface area contributed by atoms with E-state index in [-0.39, 0.29) is 29.4 Å². The van der Waals surface area contributed by atoms with E-state index in [0.717, 1.165) is 23.2 Å². The van der Waals surface area contributed by atoms with Crippen LogP contribution in [0.5, 0.6) is 0 Å². The summed E-state index contributed by atoms with van der Waals surface area (Å²) in [6, 6.07) is 10.7. The molecule has 3 aromatic rings. The number of benzene rings is 2. The number of halogens is 2. The predicted molar refractivity (Wildman–Crippen MR) is 96.4 cm³/mol. The summed E-state index contributed by atoms with van der Waals surface area (Å²) < 4.78 is 29.2. The van der Waals surface area contributed by atoms with Crippen molar-refractivity contribution < 1.29 is 13.9 Å². The van der Waals surface area contributed by atoms with Crippen LogP contribution in [-0.2, 0) is 6.54 Å². The third-order valence-electron chi connectivity index (χ3n) is 4.50. The van der Waals surface area contributed by atoms with Crippen LogP contribution in [0.25, 0.3) is 16.6 Å². The fraction of sp³-hybridized carbons (Fsp3) is 0.158. The Hall–Kier alpha value is -3.22. The van der Waals surface area contributed by atoms with Crippen LogP contribution in [0.15, 0.2) is 48.2 Å². The summed E-state index contributed by atoms with van der Waals surface area (Å²) >= 11 is 0. The average molecular weight is 354 g/mol. The first-order chi connectivity index (χ1) is 12.5. The minimum Gasteiger partial charge on any atom is -0.509 e. The van der Waals surface area contributed by atoms with Gasteiger partial charge in [0.1, 0.15) is 29.1 Å². The molecule has 0 atom stereocenters. The van der Waals surface area contributed by atoms with Gasteiger partial charge in [0.15, 0.2) is 0 Å². The maximum Gasteiger partial charge on any atom is 0.149 e. The first-order valence-electron chi connectivity index (χ1n) is 8.20. The quantitative estimate of drug-likeness (QED) is 0.744. The zero-order valence-electron chi connectivity index (χ0n) is 14.0. The minimum absolute atomic E-state index is 0.0390. The molecule has 2 heterocycles. The van der Waals surface area contributed by atoms with E-state index in [4.69, 9.17) is 5.41 Å². The van der Waals surface area contributed by atoms with Gasteiger partial charge in [-0.15, -0.1) is 0 Å². The maximum atomic E-state index is 14.1. The Morgan fingerprint density at radius 2 is 1.96 bits per heavy atom. The van der Waals surface area contributed by atoms with Gasteiger partial charge < -0.3 is 14.6 Å². The van der Waals surface area contributed by atoms with E-state index < -0.39 is 11.6 Å². The molecule has 2 N–H and O–H groups in total. The molecule has 1 aliphatic heterocycles. The van der Waals surface area contributed by atoms with E-state index in [0.29, 0.717) is 12.4 Å². The summed E-state index contributed by atoms with van der Waals surface area (Å²) in [5, 5.41) is 18.9. The highest BCUT2D eigenvalue weighted by molar-refractivity contribution is 6.30. The third kappa shape index (κ3) is 2.35. The lowest BCUT2D eigenvalue weighted by molar-refractivity contribution is 0.410. The number of aliphatic hydroxyl groups is 1. The molecule has 132 valence electrons. The monoisotopic (exact) mass is 354 g/mol. The molecule has 0 bridgehead atoms. The van der Waals surface area contributed by atoms with Crippen molar-refractivity contribution in [3.05, 3.63) is 65.7 Å². The number of anilines is 1. The zero-order valence-corrected chi connectivity index (χ0v) is 14.0. The van der Waals surface area contributed by atoms with Crippen LogP contribution >= 0.6 is 0 Å². The average Bonchev–Trinajstić information content (AvgIpc) is 3.11. The summed E-state index contributed by atoms with van der Waals surface area (Å²) in [7, 11) is 0. The van der Waals surface area contributed by atoms with Gasteiger partial charge >= 0.3 is 0 Å². The lowest BCUT2D eigenvalue weighted by Gasteiger charge is -2.19. The number of fused-ring (bicyclic) bond motifs is 1. The van der Waals surface area contributed by atoms with E-state index in [1.807, 2.05) is 35.8 Å². The molecule has 0 amide bonds. The summed E-state index contributed by atoms with van der Waals surface area (Å²) in [6.45, 7) is 2.49. The molecule has 4 rings (SSSR count). The van der Waals surface area contributed by atoms with Gasteiger partial charge in [-0.05, 0) is 31.2 Å². The Morgan fingerprint density at radius 1 is 1.19 bits per heavy atom. The molecule has 7 heteroatoms. The van der Waals surface area contributed by atoms with Crippen molar-refractivity contribution in [2.75, 3.05) is 11.4 Å². The second-order valence-electron chi connectivity index (χ2n) is 6.02. The second-order valence-corrected chi connectivity index (χ2v) is 6.02. The van der Waals surface area contributed by atoms with Gasteiger partial charge in [-0.2, -0.15) is 0 Å². The van der Waals surface area contributed by atoms with Crippen LogP contribution in [0.2, 0.25) is 0 Å². The van der Waals surface area contributed by atoms with E-state index in [1.165, 1.54) is 11.0 Å². The molecule has 26 heavy (non-hydrogen) atoms. The molecule has 1 aliphatic rings. The highest BCUT2D eigenvalue weighted by Gasteiger charge is 2.33. The number of nitrogens with zero attached hydrogens (tertiary/aromatic N) is 3. The lowest BCUT2D eigenvalue weighted by atomic mass is 10.2.